The molecule has 0 radical (unpaired) electrons. The van der Waals surface area contributed by atoms with Gasteiger partial charge in [-0.15, -0.1) is 0 Å². The van der Waals surface area contributed by atoms with Gasteiger partial charge < -0.3 is 34.9 Å². The molecule has 3 N–H and O–H groups in total. The number of ether oxygens (including phenoxy) is 4. The number of fused-ring (bicyclic) bond motifs is 2. The van der Waals surface area contributed by atoms with Crippen LogP contribution in [0, 0.1) is 0 Å². The molecule has 0 unspecified atom stereocenters. The second-order valence-electron chi connectivity index (χ2n) is 9.11. The Balaban J connectivity index is 1.30. The Bertz CT molecular complexity index is 1190. The van der Waals surface area contributed by atoms with Crippen LogP contribution in [0.4, 0.5) is 16.3 Å². The van der Waals surface area contributed by atoms with Crippen molar-refractivity contribution in [2.75, 3.05) is 32.1 Å². The number of anilines is 2. The normalized spacial score (nSPS) is 24.5. The van der Waals surface area contributed by atoms with E-state index in [9.17, 15) is 4.79 Å². The molecule has 36 heavy (non-hydrogen) atoms. The van der Waals surface area contributed by atoms with Crippen molar-refractivity contribution in [3.8, 4) is 0 Å². The molecule has 192 valence electrons. The van der Waals surface area contributed by atoms with Gasteiger partial charge in [0, 0.05) is 19.3 Å². The zero-order valence-electron chi connectivity index (χ0n) is 20.5. The van der Waals surface area contributed by atoms with Crippen LogP contribution in [0.5, 0.6) is 0 Å². The summed E-state index contributed by atoms with van der Waals surface area (Å²) in [4.78, 5) is 24.6. The fourth-order valence-electron chi connectivity index (χ4n) is 4.51. The van der Waals surface area contributed by atoms with Crippen LogP contribution in [0.3, 0.4) is 0 Å². The van der Waals surface area contributed by atoms with Crippen LogP contribution in [0.25, 0.3) is 11.2 Å². The van der Waals surface area contributed by atoms with E-state index in [1.165, 1.54) is 13.4 Å². The minimum Gasteiger partial charge on any atom is -0.450 e. The molecule has 4 atom stereocenters. The topological polar surface area (TPSA) is 134 Å². The quantitative estimate of drug-likeness (QED) is 0.378. The van der Waals surface area contributed by atoms with Crippen molar-refractivity contribution in [3.63, 3.8) is 0 Å². The minimum atomic E-state index is -0.734. The van der Waals surface area contributed by atoms with E-state index in [-0.39, 0.29) is 18.3 Å². The van der Waals surface area contributed by atoms with E-state index in [2.05, 4.69) is 30.9 Å². The smallest absolute Gasteiger partial charge is 0.406 e. The molecule has 4 heterocycles. The summed E-state index contributed by atoms with van der Waals surface area (Å²) in [6.45, 7) is 5.36. The Morgan fingerprint density at radius 1 is 1.14 bits per heavy atom. The first kappa shape index (κ1) is 24.4. The van der Waals surface area contributed by atoms with Gasteiger partial charge in [0.2, 0.25) is 0 Å². The van der Waals surface area contributed by atoms with Gasteiger partial charge in [0.15, 0.2) is 29.0 Å². The Morgan fingerprint density at radius 3 is 2.75 bits per heavy atom. The molecule has 0 spiro atoms. The van der Waals surface area contributed by atoms with Crippen molar-refractivity contribution in [1.82, 2.24) is 30.2 Å². The van der Waals surface area contributed by atoms with Crippen molar-refractivity contribution in [1.29, 1.82) is 0 Å². The molecule has 0 bridgehead atoms. The predicted octanol–water partition coefficient (Wildman–Crippen LogP) is 2.32. The van der Waals surface area contributed by atoms with Crippen molar-refractivity contribution in [2.45, 2.75) is 50.6 Å². The number of benzene rings is 1. The number of aromatic nitrogens is 4. The van der Waals surface area contributed by atoms with Gasteiger partial charge in [-0.1, -0.05) is 18.2 Å². The Labute approximate surface area is 208 Å². The van der Waals surface area contributed by atoms with Gasteiger partial charge in [0.05, 0.1) is 12.9 Å². The second-order valence-corrected chi connectivity index (χ2v) is 9.11. The number of alkyl carbamates (subject to hydrolysis) is 1. The van der Waals surface area contributed by atoms with Gasteiger partial charge in [0.25, 0.3) is 0 Å². The molecule has 3 aromatic rings. The number of amides is 1. The monoisotopic (exact) mass is 497 g/mol. The maximum atomic E-state index is 11.2. The molecule has 2 aliphatic heterocycles. The third kappa shape index (κ3) is 5.12. The first-order valence-electron chi connectivity index (χ1n) is 12.0. The second kappa shape index (κ2) is 10.3. The van der Waals surface area contributed by atoms with Gasteiger partial charge in [0.1, 0.15) is 24.6 Å². The highest BCUT2D eigenvalue weighted by Crippen LogP contribution is 2.43. The van der Waals surface area contributed by atoms with Gasteiger partial charge in [-0.3, -0.25) is 4.57 Å². The van der Waals surface area contributed by atoms with E-state index < -0.39 is 18.1 Å². The molecular formula is C24H31N7O5. The molecule has 2 saturated heterocycles. The SMILES string of the molecule is CNC(=O)OCCCNC[C@H]1O[C@@H](n2cnc3c(Nc4ccccc4)ncnc32)[C@@H]2OC(C)(C)O[C@@H]21. The standard InChI is InChI=1S/C24H31N7O5/c1-24(2)35-18-16(12-26-10-7-11-33-23(32)25-3)34-22(19(18)36-24)31-14-29-17-20(27-13-28-21(17)31)30-15-8-5-4-6-9-15/h4-6,8-9,13-14,16,18-19,22,26H,7,10-12H2,1-3H3,(H,25,32)(H,27,28,30)/t16-,18-,19-,22-/m1/s1. The lowest BCUT2D eigenvalue weighted by Gasteiger charge is -2.25. The Morgan fingerprint density at radius 2 is 1.94 bits per heavy atom. The van der Waals surface area contributed by atoms with E-state index in [0.29, 0.717) is 43.1 Å². The molecule has 2 aromatic heterocycles. The van der Waals surface area contributed by atoms with E-state index in [1.807, 2.05) is 48.7 Å². The van der Waals surface area contributed by atoms with Crippen molar-refractivity contribution < 1.29 is 23.7 Å². The molecule has 1 amide bonds. The van der Waals surface area contributed by atoms with E-state index in [1.54, 1.807) is 6.33 Å². The average molecular weight is 498 g/mol. The van der Waals surface area contributed by atoms with Crippen LogP contribution in [-0.2, 0) is 18.9 Å². The number of carbonyl (C=O) groups is 1. The highest BCUT2D eigenvalue weighted by molar-refractivity contribution is 5.85. The van der Waals surface area contributed by atoms with Gasteiger partial charge in [-0.25, -0.2) is 19.7 Å². The summed E-state index contributed by atoms with van der Waals surface area (Å²) in [5.74, 6) is -0.122. The molecule has 12 nitrogen and oxygen atoms in total. The lowest BCUT2D eigenvalue weighted by Crippen LogP contribution is -2.38. The molecule has 1 aromatic carbocycles. The summed E-state index contributed by atoms with van der Waals surface area (Å²) < 4.78 is 25.8. The maximum Gasteiger partial charge on any atom is 0.406 e. The lowest BCUT2D eigenvalue weighted by molar-refractivity contribution is -0.195. The average Bonchev–Trinajstić information content (AvgIpc) is 3.53. The largest absolute Gasteiger partial charge is 0.450 e. The summed E-state index contributed by atoms with van der Waals surface area (Å²) in [7, 11) is 1.53. The predicted molar refractivity (Wildman–Crippen MR) is 131 cm³/mol. The van der Waals surface area contributed by atoms with E-state index >= 15 is 0 Å². The summed E-state index contributed by atoms with van der Waals surface area (Å²) in [6, 6.07) is 9.79. The molecule has 2 aliphatic rings. The van der Waals surface area contributed by atoms with Crippen LogP contribution in [0.2, 0.25) is 0 Å². The number of nitrogens with zero attached hydrogens (tertiary/aromatic N) is 4. The fourth-order valence-corrected chi connectivity index (χ4v) is 4.51. The van der Waals surface area contributed by atoms with Gasteiger partial charge >= 0.3 is 6.09 Å². The highest BCUT2D eigenvalue weighted by atomic mass is 16.8. The highest BCUT2D eigenvalue weighted by Gasteiger charge is 2.55. The van der Waals surface area contributed by atoms with Gasteiger partial charge in [-0.05, 0) is 38.9 Å². The number of imidazole rings is 1. The van der Waals surface area contributed by atoms with Gasteiger partial charge in [-0.2, -0.15) is 0 Å². The number of para-hydroxylation sites is 1. The zero-order valence-corrected chi connectivity index (χ0v) is 20.5. The zero-order chi connectivity index (χ0) is 25.1. The maximum absolute atomic E-state index is 11.2. The number of rotatable bonds is 9. The fraction of sp³-hybridized carbons (Fsp3) is 0.500. The van der Waals surface area contributed by atoms with Crippen LogP contribution in [0.1, 0.15) is 26.5 Å². The van der Waals surface area contributed by atoms with E-state index in [4.69, 9.17) is 18.9 Å². The minimum absolute atomic E-state index is 0.247. The van der Waals surface area contributed by atoms with Crippen LogP contribution >= 0.6 is 0 Å². The summed E-state index contributed by atoms with van der Waals surface area (Å²) in [6.07, 6.45) is 2.15. The Hall–Kier alpha value is -3.32. The summed E-state index contributed by atoms with van der Waals surface area (Å²) in [5.41, 5.74) is 2.18. The molecule has 2 fully saturated rings. The summed E-state index contributed by atoms with van der Waals surface area (Å²) in [5, 5.41) is 9.10. The van der Waals surface area contributed by atoms with Crippen molar-refractivity contribution >= 4 is 28.8 Å². The van der Waals surface area contributed by atoms with E-state index in [0.717, 1.165) is 5.69 Å². The molecule has 5 rings (SSSR count). The molecule has 0 aliphatic carbocycles. The van der Waals surface area contributed by atoms with Crippen LogP contribution < -0.4 is 16.0 Å². The van der Waals surface area contributed by atoms with Crippen molar-refractivity contribution in [2.24, 2.45) is 0 Å². The number of carbonyl (C=O) groups excluding carboxylic acids is 1. The number of nitrogens with one attached hydrogen (secondary N) is 3. The first-order chi connectivity index (χ1) is 17.4. The summed E-state index contributed by atoms with van der Waals surface area (Å²) >= 11 is 0. The molecule has 12 heteroatoms. The molecular weight excluding hydrogens is 466 g/mol. The number of hydrogen-bond acceptors (Lipinski definition) is 10. The lowest BCUT2D eigenvalue weighted by atomic mass is 10.1. The Kier molecular flexibility index (Phi) is 7.01. The molecule has 0 saturated carbocycles. The third-order valence-electron chi connectivity index (χ3n) is 6.08. The van der Waals surface area contributed by atoms with Crippen molar-refractivity contribution in [3.05, 3.63) is 43.0 Å². The number of hydrogen-bond donors (Lipinski definition) is 3. The van der Waals surface area contributed by atoms with Crippen LogP contribution in [0.15, 0.2) is 43.0 Å². The first-order valence-corrected chi connectivity index (χ1v) is 12.0. The van der Waals surface area contributed by atoms with Crippen LogP contribution in [-0.4, -0.2) is 76.5 Å². The third-order valence-corrected chi connectivity index (χ3v) is 6.08.